The molecule has 1 saturated heterocycles. The lowest BCUT2D eigenvalue weighted by atomic mass is 10.2. The molecule has 0 aromatic heterocycles. The van der Waals surface area contributed by atoms with Crippen LogP contribution >= 0.6 is 23.2 Å². The lowest BCUT2D eigenvalue weighted by molar-refractivity contribution is 0.110. The fraction of sp³-hybridized carbons (Fsp3) is 0.368. The number of rotatable bonds is 7. The van der Waals surface area contributed by atoms with Gasteiger partial charge in [0.2, 0.25) is 0 Å². The van der Waals surface area contributed by atoms with Gasteiger partial charge in [0, 0.05) is 35.3 Å². The highest BCUT2D eigenvalue weighted by Crippen LogP contribution is 2.23. The van der Waals surface area contributed by atoms with E-state index >= 15 is 0 Å². The Balaban J connectivity index is 1.50. The standard InChI is InChI=1S/C19H21Cl2NO2/c20-16-7-6-15(19(21)10-16)13-24-17-4-1-3-14(9-17)11-22-12-18-5-2-8-23-18/h1,3-4,6-7,9-10,18,22H,2,5,8,11-13H2/t18-/m1/s1. The molecule has 0 saturated carbocycles. The van der Waals surface area contributed by atoms with Crippen LogP contribution in [0, 0.1) is 0 Å². The van der Waals surface area contributed by atoms with Crippen LogP contribution in [0.15, 0.2) is 42.5 Å². The van der Waals surface area contributed by atoms with Crippen molar-refractivity contribution in [1.29, 1.82) is 0 Å². The number of halogens is 2. The van der Waals surface area contributed by atoms with Crippen molar-refractivity contribution in [2.75, 3.05) is 13.2 Å². The van der Waals surface area contributed by atoms with E-state index in [1.165, 1.54) is 12.0 Å². The molecular formula is C19H21Cl2NO2. The lowest BCUT2D eigenvalue weighted by Gasteiger charge is -2.12. The summed E-state index contributed by atoms with van der Waals surface area (Å²) >= 11 is 12.1. The van der Waals surface area contributed by atoms with Gasteiger partial charge in [-0.2, -0.15) is 0 Å². The molecular weight excluding hydrogens is 345 g/mol. The van der Waals surface area contributed by atoms with Crippen LogP contribution in [0.5, 0.6) is 5.75 Å². The van der Waals surface area contributed by atoms with Crippen molar-refractivity contribution in [1.82, 2.24) is 5.32 Å². The van der Waals surface area contributed by atoms with Gasteiger partial charge < -0.3 is 14.8 Å². The van der Waals surface area contributed by atoms with Crippen LogP contribution < -0.4 is 10.1 Å². The number of ether oxygens (including phenoxy) is 2. The average molecular weight is 366 g/mol. The normalized spacial score (nSPS) is 17.2. The Bertz CT molecular complexity index is 672. The SMILES string of the molecule is Clc1ccc(COc2cccc(CNC[C@H]3CCCO3)c2)c(Cl)c1. The summed E-state index contributed by atoms with van der Waals surface area (Å²) in [4.78, 5) is 0. The van der Waals surface area contributed by atoms with Gasteiger partial charge in [0.1, 0.15) is 12.4 Å². The highest BCUT2D eigenvalue weighted by molar-refractivity contribution is 6.35. The van der Waals surface area contributed by atoms with E-state index in [1.807, 2.05) is 30.3 Å². The minimum absolute atomic E-state index is 0.358. The molecule has 5 heteroatoms. The zero-order valence-corrected chi connectivity index (χ0v) is 14.9. The van der Waals surface area contributed by atoms with Crippen LogP contribution in [-0.2, 0) is 17.9 Å². The average Bonchev–Trinajstić information content (AvgIpc) is 3.08. The first-order chi connectivity index (χ1) is 11.7. The molecule has 0 unspecified atom stereocenters. The second-order valence-corrected chi connectivity index (χ2v) is 6.78. The molecule has 3 nitrogen and oxygen atoms in total. The highest BCUT2D eigenvalue weighted by atomic mass is 35.5. The molecule has 0 amide bonds. The van der Waals surface area contributed by atoms with Gasteiger partial charge in [-0.3, -0.25) is 0 Å². The molecule has 24 heavy (non-hydrogen) atoms. The number of hydrogen-bond donors (Lipinski definition) is 1. The minimum Gasteiger partial charge on any atom is -0.489 e. The van der Waals surface area contributed by atoms with Crippen LogP contribution in [0.25, 0.3) is 0 Å². The van der Waals surface area contributed by atoms with Gasteiger partial charge in [-0.15, -0.1) is 0 Å². The van der Waals surface area contributed by atoms with E-state index in [0.717, 1.165) is 37.4 Å². The third kappa shape index (κ3) is 5.12. The Morgan fingerprint density at radius 3 is 2.88 bits per heavy atom. The summed E-state index contributed by atoms with van der Waals surface area (Å²) in [5.74, 6) is 0.831. The first-order valence-corrected chi connectivity index (χ1v) is 8.94. The molecule has 3 rings (SSSR count). The van der Waals surface area contributed by atoms with Gasteiger partial charge in [-0.05, 0) is 42.7 Å². The van der Waals surface area contributed by atoms with Crippen molar-refractivity contribution in [3.63, 3.8) is 0 Å². The first kappa shape index (κ1) is 17.6. The van der Waals surface area contributed by atoms with Crippen LogP contribution in [0.1, 0.15) is 24.0 Å². The maximum Gasteiger partial charge on any atom is 0.120 e. The highest BCUT2D eigenvalue weighted by Gasteiger charge is 2.14. The molecule has 1 N–H and O–H groups in total. The summed E-state index contributed by atoms with van der Waals surface area (Å²) in [7, 11) is 0. The topological polar surface area (TPSA) is 30.5 Å². The molecule has 0 aliphatic carbocycles. The van der Waals surface area contributed by atoms with Gasteiger partial charge in [-0.1, -0.05) is 41.4 Å². The van der Waals surface area contributed by atoms with Gasteiger partial charge in [-0.25, -0.2) is 0 Å². The van der Waals surface area contributed by atoms with Crippen molar-refractivity contribution in [3.8, 4) is 5.75 Å². The van der Waals surface area contributed by atoms with Crippen molar-refractivity contribution in [2.45, 2.75) is 32.1 Å². The van der Waals surface area contributed by atoms with Crippen molar-refractivity contribution in [3.05, 3.63) is 63.6 Å². The van der Waals surface area contributed by atoms with E-state index in [4.69, 9.17) is 32.7 Å². The second kappa shape index (κ2) is 8.72. The summed E-state index contributed by atoms with van der Waals surface area (Å²) < 4.78 is 11.5. The monoisotopic (exact) mass is 365 g/mol. The molecule has 0 bridgehead atoms. The predicted octanol–water partition coefficient (Wildman–Crippen LogP) is 4.84. The summed E-state index contributed by atoms with van der Waals surface area (Å²) in [5, 5.41) is 4.69. The molecule has 2 aromatic carbocycles. The Kier molecular flexibility index (Phi) is 6.38. The van der Waals surface area contributed by atoms with Gasteiger partial charge in [0.05, 0.1) is 6.10 Å². The van der Waals surface area contributed by atoms with Crippen LogP contribution in [-0.4, -0.2) is 19.3 Å². The van der Waals surface area contributed by atoms with Crippen LogP contribution in [0.3, 0.4) is 0 Å². The fourth-order valence-electron chi connectivity index (χ4n) is 2.73. The van der Waals surface area contributed by atoms with E-state index in [1.54, 1.807) is 6.07 Å². The van der Waals surface area contributed by atoms with Crippen molar-refractivity contribution < 1.29 is 9.47 Å². The summed E-state index contributed by atoms with van der Waals surface area (Å²) in [6, 6.07) is 13.5. The Hall–Kier alpha value is -1.26. The number of nitrogens with one attached hydrogen (secondary N) is 1. The summed E-state index contributed by atoms with van der Waals surface area (Å²) in [6.07, 6.45) is 2.68. The van der Waals surface area contributed by atoms with Crippen molar-refractivity contribution >= 4 is 23.2 Å². The van der Waals surface area contributed by atoms with Gasteiger partial charge in [0.25, 0.3) is 0 Å². The Labute approximate surface area is 152 Å². The largest absolute Gasteiger partial charge is 0.489 e. The second-order valence-electron chi connectivity index (χ2n) is 5.94. The molecule has 1 fully saturated rings. The third-order valence-electron chi connectivity index (χ3n) is 4.03. The lowest BCUT2D eigenvalue weighted by Crippen LogP contribution is -2.25. The summed E-state index contributed by atoms with van der Waals surface area (Å²) in [6.45, 7) is 3.01. The predicted molar refractivity (Wildman–Crippen MR) is 97.9 cm³/mol. The van der Waals surface area contributed by atoms with E-state index in [0.29, 0.717) is 22.8 Å². The molecule has 0 spiro atoms. The summed E-state index contributed by atoms with van der Waals surface area (Å²) in [5.41, 5.74) is 2.11. The molecule has 0 radical (unpaired) electrons. The van der Waals surface area contributed by atoms with E-state index in [9.17, 15) is 0 Å². The maximum atomic E-state index is 6.17. The quantitative estimate of drug-likeness (QED) is 0.761. The van der Waals surface area contributed by atoms with Gasteiger partial charge in [0.15, 0.2) is 0 Å². The molecule has 1 atom stereocenters. The molecule has 128 valence electrons. The minimum atomic E-state index is 0.358. The fourth-order valence-corrected chi connectivity index (χ4v) is 3.19. The Morgan fingerprint density at radius 1 is 1.17 bits per heavy atom. The number of hydrogen-bond acceptors (Lipinski definition) is 3. The molecule has 2 aromatic rings. The zero-order valence-electron chi connectivity index (χ0n) is 13.4. The third-order valence-corrected chi connectivity index (χ3v) is 4.62. The molecule has 1 aliphatic rings. The van der Waals surface area contributed by atoms with E-state index < -0.39 is 0 Å². The van der Waals surface area contributed by atoms with E-state index in [-0.39, 0.29) is 0 Å². The zero-order chi connectivity index (χ0) is 16.8. The van der Waals surface area contributed by atoms with Crippen molar-refractivity contribution in [2.24, 2.45) is 0 Å². The maximum absolute atomic E-state index is 6.17. The Morgan fingerprint density at radius 2 is 2.08 bits per heavy atom. The van der Waals surface area contributed by atoms with Crippen LogP contribution in [0.2, 0.25) is 10.0 Å². The smallest absolute Gasteiger partial charge is 0.120 e. The molecule has 1 heterocycles. The number of benzene rings is 2. The first-order valence-electron chi connectivity index (χ1n) is 8.19. The van der Waals surface area contributed by atoms with E-state index in [2.05, 4.69) is 11.4 Å². The molecule has 1 aliphatic heterocycles. The van der Waals surface area contributed by atoms with Crippen LogP contribution in [0.4, 0.5) is 0 Å². The van der Waals surface area contributed by atoms with Gasteiger partial charge >= 0.3 is 0 Å².